The van der Waals surface area contributed by atoms with Crippen molar-refractivity contribution in [2.24, 2.45) is 7.05 Å². The lowest BCUT2D eigenvalue weighted by Crippen LogP contribution is -2.37. The summed E-state index contributed by atoms with van der Waals surface area (Å²) >= 11 is 5.82. The van der Waals surface area contributed by atoms with Crippen molar-refractivity contribution in [2.75, 3.05) is 12.8 Å². The summed E-state index contributed by atoms with van der Waals surface area (Å²) in [6.45, 7) is 2.15. The Balaban J connectivity index is 2.13. The largest absolute Gasteiger partial charge is 0.316 e. The lowest BCUT2D eigenvalue weighted by atomic mass is 10.0. The molecule has 0 saturated carbocycles. The highest BCUT2D eigenvalue weighted by Crippen LogP contribution is 2.31. The van der Waals surface area contributed by atoms with Crippen molar-refractivity contribution in [3.63, 3.8) is 0 Å². The van der Waals surface area contributed by atoms with Gasteiger partial charge in [-0.2, -0.15) is 16.9 Å². The van der Waals surface area contributed by atoms with Gasteiger partial charge >= 0.3 is 0 Å². The Kier molecular flexibility index (Phi) is 5.15. The van der Waals surface area contributed by atoms with E-state index in [0.717, 1.165) is 18.1 Å². The van der Waals surface area contributed by atoms with Crippen LogP contribution in [-0.4, -0.2) is 33.9 Å². The van der Waals surface area contributed by atoms with E-state index in [1.165, 1.54) is 34.5 Å². The highest BCUT2D eigenvalue weighted by molar-refractivity contribution is 9.10. The molecule has 2 atom stereocenters. The zero-order valence-electron chi connectivity index (χ0n) is 11.4. The van der Waals surface area contributed by atoms with Crippen LogP contribution in [0.3, 0.4) is 0 Å². The fourth-order valence-electron chi connectivity index (χ4n) is 2.59. The molecule has 1 aromatic rings. The number of nitrogens with zero attached hydrogens (tertiary/aromatic N) is 2. The standard InChI is InChI=1S/C13H22BrN3S/c1-4-9-13(14)11(17(3)16-9)8-10(15-2)12-6-5-7-18-12/h10,12,15H,4-8H2,1-3H3. The third-order valence-corrected chi connectivity index (χ3v) is 6.13. The number of rotatable bonds is 5. The first-order valence-corrected chi connectivity index (χ1v) is 8.50. The molecule has 1 saturated heterocycles. The maximum Gasteiger partial charge on any atom is 0.0766 e. The van der Waals surface area contributed by atoms with Gasteiger partial charge < -0.3 is 5.32 Å². The molecule has 0 spiro atoms. The zero-order valence-corrected chi connectivity index (χ0v) is 13.8. The number of thioether (sulfide) groups is 1. The molecule has 1 fully saturated rings. The van der Waals surface area contributed by atoms with E-state index in [1.807, 2.05) is 11.7 Å². The Morgan fingerprint density at radius 3 is 2.89 bits per heavy atom. The summed E-state index contributed by atoms with van der Waals surface area (Å²) in [6, 6.07) is 0.550. The maximum absolute atomic E-state index is 4.58. The molecular weight excluding hydrogens is 310 g/mol. The second-order valence-electron chi connectivity index (χ2n) is 4.84. The van der Waals surface area contributed by atoms with Crippen LogP contribution in [0.1, 0.15) is 31.2 Å². The van der Waals surface area contributed by atoms with E-state index in [-0.39, 0.29) is 0 Å². The van der Waals surface area contributed by atoms with Crippen LogP contribution in [0.15, 0.2) is 4.47 Å². The molecule has 2 rings (SSSR count). The molecule has 102 valence electrons. The fraction of sp³-hybridized carbons (Fsp3) is 0.769. The molecular formula is C13H22BrN3S. The molecule has 2 unspecified atom stereocenters. The van der Waals surface area contributed by atoms with Crippen LogP contribution in [0.25, 0.3) is 0 Å². The van der Waals surface area contributed by atoms with Gasteiger partial charge in [-0.15, -0.1) is 0 Å². The van der Waals surface area contributed by atoms with E-state index in [2.05, 4.69) is 52.1 Å². The van der Waals surface area contributed by atoms with Gasteiger partial charge in [-0.25, -0.2) is 0 Å². The summed E-state index contributed by atoms with van der Waals surface area (Å²) in [7, 11) is 4.13. The van der Waals surface area contributed by atoms with Crippen molar-refractivity contribution in [2.45, 2.75) is 43.9 Å². The van der Waals surface area contributed by atoms with E-state index >= 15 is 0 Å². The molecule has 1 aliphatic heterocycles. The van der Waals surface area contributed by atoms with Crippen molar-refractivity contribution in [1.29, 1.82) is 0 Å². The Hall–Kier alpha value is -0.000000000000000111. The molecule has 1 N–H and O–H groups in total. The van der Waals surface area contributed by atoms with Gasteiger partial charge in [0.05, 0.1) is 15.9 Å². The second-order valence-corrected chi connectivity index (χ2v) is 6.98. The number of likely N-dealkylation sites (N-methyl/N-ethyl adjacent to an activating group) is 1. The molecule has 2 heterocycles. The second kappa shape index (κ2) is 6.44. The molecule has 3 nitrogen and oxygen atoms in total. The van der Waals surface area contributed by atoms with E-state index < -0.39 is 0 Å². The van der Waals surface area contributed by atoms with E-state index in [0.29, 0.717) is 6.04 Å². The first kappa shape index (κ1) is 14.4. The molecule has 5 heteroatoms. The predicted molar refractivity (Wildman–Crippen MR) is 82.3 cm³/mol. The Bertz CT molecular complexity index is 399. The minimum absolute atomic E-state index is 0.550. The molecule has 1 aliphatic rings. The number of nitrogens with one attached hydrogen (secondary N) is 1. The first-order valence-electron chi connectivity index (χ1n) is 6.66. The van der Waals surface area contributed by atoms with Gasteiger partial charge in [0.1, 0.15) is 0 Å². The van der Waals surface area contributed by atoms with Gasteiger partial charge in [0.2, 0.25) is 0 Å². The van der Waals surface area contributed by atoms with Crippen molar-refractivity contribution in [3.05, 3.63) is 15.9 Å². The smallest absolute Gasteiger partial charge is 0.0766 e. The lowest BCUT2D eigenvalue weighted by Gasteiger charge is -2.22. The fourth-order valence-corrected chi connectivity index (χ4v) is 4.80. The van der Waals surface area contributed by atoms with Crippen LogP contribution in [0.4, 0.5) is 0 Å². The summed E-state index contributed by atoms with van der Waals surface area (Å²) in [5.74, 6) is 1.32. The average Bonchev–Trinajstić information content (AvgIpc) is 2.97. The molecule has 18 heavy (non-hydrogen) atoms. The summed E-state index contributed by atoms with van der Waals surface area (Å²) in [6.07, 6.45) is 4.74. The van der Waals surface area contributed by atoms with Crippen molar-refractivity contribution in [1.82, 2.24) is 15.1 Å². The van der Waals surface area contributed by atoms with Crippen LogP contribution < -0.4 is 5.32 Å². The molecule has 0 radical (unpaired) electrons. The van der Waals surface area contributed by atoms with Gasteiger partial charge in [0.15, 0.2) is 0 Å². The SMILES string of the molecule is CCc1nn(C)c(CC(NC)C2CCCS2)c1Br. The first-order chi connectivity index (χ1) is 8.67. The molecule has 0 amide bonds. The van der Waals surface area contributed by atoms with E-state index in [1.54, 1.807) is 0 Å². The van der Waals surface area contributed by atoms with Crippen LogP contribution in [0.5, 0.6) is 0 Å². The van der Waals surface area contributed by atoms with Crippen molar-refractivity contribution >= 4 is 27.7 Å². The van der Waals surface area contributed by atoms with E-state index in [4.69, 9.17) is 0 Å². The van der Waals surface area contributed by atoms with Gasteiger partial charge in [0, 0.05) is 24.8 Å². The predicted octanol–water partition coefficient (Wildman–Crippen LogP) is 2.77. The summed E-state index contributed by atoms with van der Waals surface area (Å²) in [4.78, 5) is 0. The Morgan fingerprint density at radius 2 is 2.39 bits per heavy atom. The average molecular weight is 332 g/mol. The lowest BCUT2D eigenvalue weighted by molar-refractivity contribution is 0.506. The molecule has 0 aliphatic carbocycles. The van der Waals surface area contributed by atoms with Gasteiger partial charge in [-0.05, 0) is 48.0 Å². The number of halogens is 1. The molecule has 0 aromatic carbocycles. The maximum atomic E-state index is 4.58. The molecule has 0 bridgehead atoms. The van der Waals surface area contributed by atoms with Crippen molar-refractivity contribution in [3.8, 4) is 0 Å². The normalized spacial score (nSPS) is 21.4. The highest BCUT2D eigenvalue weighted by Gasteiger charge is 2.26. The zero-order chi connectivity index (χ0) is 13.1. The van der Waals surface area contributed by atoms with Crippen molar-refractivity contribution < 1.29 is 0 Å². The van der Waals surface area contributed by atoms with E-state index in [9.17, 15) is 0 Å². The minimum atomic E-state index is 0.550. The summed E-state index contributed by atoms with van der Waals surface area (Å²) in [5.41, 5.74) is 2.49. The number of hydrogen-bond donors (Lipinski definition) is 1. The summed E-state index contributed by atoms with van der Waals surface area (Å²) < 4.78 is 3.24. The highest BCUT2D eigenvalue weighted by atomic mass is 79.9. The quantitative estimate of drug-likeness (QED) is 0.899. The van der Waals surface area contributed by atoms with Gasteiger partial charge in [-0.1, -0.05) is 6.92 Å². The topological polar surface area (TPSA) is 29.9 Å². The Morgan fingerprint density at radius 1 is 1.61 bits per heavy atom. The molecule has 1 aromatic heterocycles. The monoisotopic (exact) mass is 331 g/mol. The number of hydrogen-bond acceptors (Lipinski definition) is 3. The number of aryl methyl sites for hydroxylation is 2. The summed E-state index contributed by atoms with van der Waals surface area (Å²) in [5, 5.41) is 8.82. The Labute approximate surface area is 122 Å². The van der Waals surface area contributed by atoms with Gasteiger partial charge in [0.25, 0.3) is 0 Å². The minimum Gasteiger partial charge on any atom is -0.316 e. The van der Waals surface area contributed by atoms with Crippen LogP contribution >= 0.6 is 27.7 Å². The number of aromatic nitrogens is 2. The van der Waals surface area contributed by atoms with Crippen LogP contribution in [0, 0.1) is 0 Å². The van der Waals surface area contributed by atoms with Gasteiger partial charge in [-0.3, -0.25) is 4.68 Å². The van der Waals surface area contributed by atoms with Crippen LogP contribution in [0.2, 0.25) is 0 Å². The third-order valence-electron chi connectivity index (χ3n) is 3.70. The third kappa shape index (κ3) is 2.94. The van der Waals surface area contributed by atoms with Crippen LogP contribution in [-0.2, 0) is 19.9 Å².